The number of nitrogens with one attached hydrogen (secondary N) is 2. The lowest BCUT2D eigenvalue weighted by Gasteiger charge is -2.14. The molecule has 2 N–H and O–H groups in total. The van der Waals surface area contributed by atoms with E-state index in [1.54, 1.807) is 20.3 Å². The molecule has 0 fully saturated rings. The average Bonchev–Trinajstić information content (AvgIpc) is 3.05. The number of amides is 1. The molecule has 0 saturated heterocycles. The van der Waals surface area contributed by atoms with Gasteiger partial charge < -0.3 is 24.7 Å². The summed E-state index contributed by atoms with van der Waals surface area (Å²) in [6.45, 7) is 10.7. The van der Waals surface area contributed by atoms with Gasteiger partial charge in [-0.3, -0.25) is 4.79 Å². The van der Waals surface area contributed by atoms with Crippen molar-refractivity contribution < 1.29 is 13.9 Å². The van der Waals surface area contributed by atoms with Gasteiger partial charge in [-0.05, 0) is 13.3 Å². The van der Waals surface area contributed by atoms with Gasteiger partial charge in [-0.1, -0.05) is 20.8 Å². The summed E-state index contributed by atoms with van der Waals surface area (Å²) in [6, 6.07) is 0. The van der Waals surface area contributed by atoms with E-state index >= 15 is 0 Å². The maximum absolute atomic E-state index is 11.8. The summed E-state index contributed by atoms with van der Waals surface area (Å²) in [5.41, 5.74) is -0.0855. The highest BCUT2D eigenvalue weighted by Gasteiger charge is 2.19. The Labute approximate surface area is 156 Å². The minimum Gasteiger partial charge on any atom is -0.443 e. The number of likely N-dealkylation sites (N-methyl/N-ethyl adjacent to an activating group) is 1. The molecule has 0 radical (unpaired) electrons. The zero-order chi connectivity index (χ0) is 19.6. The minimum atomic E-state index is -0.0855. The number of ether oxygens (including phenoxy) is 1. The van der Waals surface area contributed by atoms with Gasteiger partial charge in [0.05, 0.1) is 12.7 Å². The molecule has 0 spiro atoms. The molecule has 0 saturated carbocycles. The van der Waals surface area contributed by atoms with E-state index in [0.717, 1.165) is 12.2 Å². The van der Waals surface area contributed by atoms with E-state index < -0.39 is 0 Å². The number of guanidine groups is 1. The van der Waals surface area contributed by atoms with Crippen molar-refractivity contribution in [3.63, 3.8) is 0 Å². The molecule has 0 aliphatic heterocycles. The molecule has 1 aromatic heterocycles. The molecule has 148 valence electrons. The Morgan fingerprint density at radius 3 is 2.65 bits per heavy atom. The van der Waals surface area contributed by atoms with E-state index in [4.69, 9.17) is 9.15 Å². The van der Waals surface area contributed by atoms with Crippen LogP contribution in [0.15, 0.2) is 15.6 Å². The molecule has 1 aromatic rings. The van der Waals surface area contributed by atoms with Gasteiger partial charge in [0.2, 0.25) is 11.8 Å². The maximum Gasteiger partial charge on any atom is 0.243 e. The van der Waals surface area contributed by atoms with Gasteiger partial charge in [0, 0.05) is 39.3 Å². The lowest BCUT2D eigenvalue weighted by Crippen LogP contribution is -2.39. The first kappa shape index (κ1) is 22.0. The number of hydrogen-bond acceptors (Lipinski definition) is 5. The van der Waals surface area contributed by atoms with Crippen molar-refractivity contribution in [1.29, 1.82) is 0 Å². The largest absolute Gasteiger partial charge is 0.443 e. The first-order valence-corrected chi connectivity index (χ1v) is 8.99. The highest BCUT2D eigenvalue weighted by Crippen LogP contribution is 2.22. The van der Waals surface area contributed by atoms with Crippen molar-refractivity contribution in [2.45, 2.75) is 46.1 Å². The first-order chi connectivity index (χ1) is 12.2. The van der Waals surface area contributed by atoms with Crippen molar-refractivity contribution >= 4 is 11.9 Å². The summed E-state index contributed by atoms with van der Waals surface area (Å²) < 4.78 is 11.1. The fourth-order valence-corrected chi connectivity index (χ4v) is 1.89. The van der Waals surface area contributed by atoms with E-state index in [-0.39, 0.29) is 17.9 Å². The van der Waals surface area contributed by atoms with Crippen LogP contribution in [-0.2, 0) is 21.5 Å². The Balaban J connectivity index is 2.61. The number of oxazole rings is 1. The molecule has 26 heavy (non-hydrogen) atoms. The SMILES string of the molecule is CCOCCCNC(=NCC(=O)N(C)C)NCc1ncc(C(C)(C)C)o1. The van der Waals surface area contributed by atoms with Crippen LogP contribution in [-0.4, -0.2) is 62.1 Å². The third kappa shape index (κ3) is 8.33. The topological polar surface area (TPSA) is 92.0 Å². The van der Waals surface area contributed by atoms with Crippen LogP contribution < -0.4 is 10.6 Å². The van der Waals surface area contributed by atoms with E-state index in [1.165, 1.54) is 4.90 Å². The van der Waals surface area contributed by atoms with Gasteiger partial charge in [-0.2, -0.15) is 0 Å². The Bertz CT molecular complexity index is 576. The van der Waals surface area contributed by atoms with E-state index in [2.05, 4.69) is 41.4 Å². The van der Waals surface area contributed by atoms with Crippen molar-refractivity contribution in [3.05, 3.63) is 17.8 Å². The highest BCUT2D eigenvalue weighted by atomic mass is 16.5. The first-order valence-electron chi connectivity index (χ1n) is 8.99. The van der Waals surface area contributed by atoms with Crippen LogP contribution in [0.4, 0.5) is 0 Å². The molecule has 8 heteroatoms. The molecule has 0 aromatic carbocycles. The zero-order valence-electron chi connectivity index (χ0n) is 16.9. The Hall–Kier alpha value is -2.09. The molecular formula is C18H33N5O3. The van der Waals surface area contributed by atoms with Gasteiger partial charge >= 0.3 is 0 Å². The fraction of sp³-hybridized carbons (Fsp3) is 0.722. The van der Waals surface area contributed by atoms with Crippen molar-refractivity contribution in [2.75, 3.05) is 40.4 Å². The van der Waals surface area contributed by atoms with Crippen molar-refractivity contribution in [3.8, 4) is 0 Å². The summed E-state index contributed by atoms with van der Waals surface area (Å²) in [6.07, 6.45) is 2.60. The van der Waals surface area contributed by atoms with Gasteiger partial charge in [-0.25, -0.2) is 9.98 Å². The molecule has 0 aliphatic rings. The number of aliphatic imine (C=N–C) groups is 1. The monoisotopic (exact) mass is 367 g/mol. The summed E-state index contributed by atoms with van der Waals surface area (Å²) in [5, 5.41) is 6.36. The molecule has 1 heterocycles. The lowest BCUT2D eigenvalue weighted by molar-refractivity contribution is -0.127. The third-order valence-electron chi connectivity index (χ3n) is 3.53. The van der Waals surface area contributed by atoms with Crippen LogP contribution in [0.5, 0.6) is 0 Å². The summed E-state index contributed by atoms with van der Waals surface area (Å²) >= 11 is 0. The van der Waals surface area contributed by atoms with Gasteiger partial charge in [-0.15, -0.1) is 0 Å². The van der Waals surface area contributed by atoms with E-state index in [1.807, 2.05) is 6.92 Å². The zero-order valence-corrected chi connectivity index (χ0v) is 16.9. The number of hydrogen-bond donors (Lipinski definition) is 2. The standard InChI is InChI=1S/C18H33N5O3/c1-7-25-10-8-9-19-17(22-13-16(24)23(5)6)21-12-15-20-11-14(26-15)18(2,3)4/h11H,7-10,12-13H2,1-6H3,(H2,19,21,22). The second-order valence-corrected chi connectivity index (χ2v) is 7.15. The minimum absolute atomic E-state index is 0.0634. The molecule has 0 aliphatic carbocycles. The van der Waals surface area contributed by atoms with Crippen LogP contribution in [0.1, 0.15) is 45.8 Å². The van der Waals surface area contributed by atoms with Crippen molar-refractivity contribution in [2.24, 2.45) is 4.99 Å². The molecule has 0 atom stereocenters. The third-order valence-corrected chi connectivity index (χ3v) is 3.53. The van der Waals surface area contributed by atoms with Crippen LogP contribution >= 0.6 is 0 Å². The fourth-order valence-electron chi connectivity index (χ4n) is 1.89. The van der Waals surface area contributed by atoms with Gasteiger partial charge in [0.1, 0.15) is 12.3 Å². The Morgan fingerprint density at radius 1 is 1.35 bits per heavy atom. The molecule has 1 rings (SSSR count). The van der Waals surface area contributed by atoms with Crippen LogP contribution in [0.2, 0.25) is 0 Å². The molecular weight excluding hydrogens is 334 g/mol. The Morgan fingerprint density at radius 2 is 2.08 bits per heavy atom. The number of aromatic nitrogens is 1. The molecule has 8 nitrogen and oxygen atoms in total. The second kappa shape index (κ2) is 10.8. The molecule has 0 bridgehead atoms. The number of carbonyl (C=O) groups excluding carboxylic acids is 1. The summed E-state index contributed by atoms with van der Waals surface area (Å²) in [7, 11) is 3.42. The highest BCUT2D eigenvalue weighted by molar-refractivity contribution is 5.84. The number of rotatable bonds is 9. The number of carbonyl (C=O) groups is 1. The van der Waals surface area contributed by atoms with E-state index in [9.17, 15) is 4.79 Å². The quantitative estimate of drug-likeness (QED) is 0.391. The number of nitrogens with zero attached hydrogens (tertiary/aromatic N) is 3. The van der Waals surface area contributed by atoms with Crippen LogP contribution in [0.25, 0.3) is 0 Å². The maximum atomic E-state index is 11.8. The predicted molar refractivity (Wildman–Crippen MR) is 102 cm³/mol. The molecule has 0 unspecified atom stereocenters. The lowest BCUT2D eigenvalue weighted by atomic mass is 9.94. The average molecular weight is 367 g/mol. The Kier molecular flexibility index (Phi) is 9.12. The van der Waals surface area contributed by atoms with Crippen molar-refractivity contribution in [1.82, 2.24) is 20.5 Å². The predicted octanol–water partition coefficient (Wildman–Crippen LogP) is 1.52. The molecule has 1 amide bonds. The van der Waals surface area contributed by atoms with E-state index in [0.29, 0.717) is 38.2 Å². The smallest absolute Gasteiger partial charge is 0.243 e. The summed E-state index contributed by atoms with van der Waals surface area (Å²) in [5.74, 6) is 1.90. The van der Waals surface area contributed by atoms with Crippen LogP contribution in [0.3, 0.4) is 0 Å². The summed E-state index contributed by atoms with van der Waals surface area (Å²) in [4.78, 5) is 21.9. The van der Waals surface area contributed by atoms with Gasteiger partial charge in [0.25, 0.3) is 0 Å². The van der Waals surface area contributed by atoms with Crippen LogP contribution in [0, 0.1) is 0 Å². The van der Waals surface area contributed by atoms with Gasteiger partial charge in [0.15, 0.2) is 5.96 Å². The second-order valence-electron chi connectivity index (χ2n) is 7.15. The normalized spacial score (nSPS) is 12.2.